The number of amides is 1. The molecule has 3 aromatic heterocycles. The van der Waals surface area contributed by atoms with Gasteiger partial charge < -0.3 is 21.5 Å². The number of carbonyl (C=O) groups excluding carboxylic acids is 2. The zero-order chi connectivity index (χ0) is 25.5. The Morgan fingerprint density at radius 1 is 1.29 bits per heavy atom. The highest BCUT2D eigenvalue weighted by atomic mass is 16.3. The molecule has 1 amide bonds. The Bertz CT molecular complexity index is 1250. The molecule has 0 spiro atoms. The van der Waals surface area contributed by atoms with E-state index in [1.54, 1.807) is 10.7 Å². The second kappa shape index (κ2) is 9.09. The Hall–Kier alpha value is -3.24. The molecule has 10 nitrogen and oxygen atoms in total. The Labute approximate surface area is 204 Å². The first-order chi connectivity index (χ1) is 16.5. The molecule has 2 atom stereocenters. The molecule has 1 saturated heterocycles. The lowest BCUT2D eigenvalue weighted by atomic mass is 9.70. The molecule has 3 aromatic rings. The molecule has 0 unspecified atom stereocenters. The van der Waals surface area contributed by atoms with Crippen molar-refractivity contribution in [2.24, 2.45) is 11.7 Å². The van der Waals surface area contributed by atoms with E-state index in [2.05, 4.69) is 34.7 Å². The number of aliphatic hydroxyl groups is 1. The lowest BCUT2D eigenvalue weighted by Gasteiger charge is -2.46. The number of nitrogens with two attached hydrogens (primary N) is 1. The number of nitrogens with zero attached hydrogens (tertiary/aromatic N) is 4. The van der Waals surface area contributed by atoms with Crippen molar-refractivity contribution >= 4 is 22.9 Å². The van der Waals surface area contributed by atoms with Crippen LogP contribution in [0.4, 0.5) is 5.69 Å². The normalized spacial score (nSPS) is 20.9. The Morgan fingerprint density at radius 2 is 2.03 bits per heavy atom. The van der Waals surface area contributed by atoms with Crippen molar-refractivity contribution in [1.29, 1.82) is 0 Å². The zero-order valence-electron chi connectivity index (χ0n) is 21.0. The van der Waals surface area contributed by atoms with Crippen LogP contribution in [0.1, 0.15) is 63.9 Å². The van der Waals surface area contributed by atoms with Gasteiger partial charge in [-0.3, -0.25) is 14.3 Å². The number of carbonyl (C=O) groups is 2. The first kappa shape index (κ1) is 24.9. The smallest absolute Gasteiger partial charge is 0.252 e. The molecule has 4 heterocycles. The number of hydrogen-bond donors (Lipinski definition) is 4. The van der Waals surface area contributed by atoms with Crippen LogP contribution >= 0.6 is 0 Å². The van der Waals surface area contributed by atoms with Gasteiger partial charge in [0.1, 0.15) is 11.1 Å². The molecular formula is C25H35N7O3. The number of Topliss-reactive ketones (excluding diaryl/α,β-unsaturated/α-hetero) is 1. The molecule has 1 aliphatic rings. The molecule has 0 aromatic carbocycles. The van der Waals surface area contributed by atoms with Gasteiger partial charge in [0, 0.05) is 42.0 Å². The van der Waals surface area contributed by atoms with Gasteiger partial charge in [0.25, 0.3) is 5.91 Å². The predicted octanol–water partition coefficient (Wildman–Crippen LogP) is 2.39. The number of fused-ring (bicyclic) bond motifs is 1. The first-order valence-electron chi connectivity index (χ1n) is 12.1. The van der Waals surface area contributed by atoms with Crippen LogP contribution in [0.15, 0.2) is 30.9 Å². The third-order valence-corrected chi connectivity index (χ3v) is 6.95. The van der Waals surface area contributed by atoms with Crippen LogP contribution < -0.4 is 16.4 Å². The minimum atomic E-state index is -1.56. The SMILES string of the molecule is CC[C@@H]1CNCC[C@]1(Nc1c(C(N)=O)cnn2cc(-c3cnn(C(C)C)c3)cc12)C(=O)C(C)(C)O. The van der Waals surface area contributed by atoms with Crippen LogP contribution in [-0.2, 0) is 4.79 Å². The van der Waals surface area contributed by atoms with Crippen molar-refractivity contribution in [2.75, 3.05) is 18.4 Å². The number of rotatable bonds is 8. The number of aromatic nitrogens is 4. The Balaban J connectivity index is 1.89. The molecule has 0 aliphatic carbocycles. The van der Waals surface area contributed by atoms with Gasteiger partial charge in [-0.1, -0.05) is 6.92 Å². The molecule has 4 rings (SSSR count). The zero-order valence-corrected chi connectivity index (χ0v) is 21.0. The lowest BCUT2D eigenvalue weighted by molar-refractivity contribution is -0.141. The van der Waals surface area contributed by atoms with E-state index in [1.807, 2.05) is 30.1 Å². The van der Waals surface area contributed by atoms with E-state index in [1.165, 1.54) is 20.0 Å². The highest BCUT2D eigenvalue weighted by Gasteiger charge is 2.51. The molecular weight excluding hydrogens is 446 g/mol. The summed E-state index contributed by atoms with van der Waals surface area (Å²) in [5.41, 5.74) is 6.12. The number of piperidine rings is 1. The number of nitrogens with one attached hydrogen (secondary N) is 2. The van der Waals surface area contributed by atoms with Gasteiger partial charge in [-0.15, -0.1) is 0 Å². The summed E-state index contributed by atoms with van der Waals surface area (Å²) in [6.07, 6.45) is 8.18. The maximum Gasteiger partial charge on any atom is 0.252 e. The summed E-state index contributed by atoms with van der Waals surface area (Å²) in [4.78, 5) is 26.2. The van der Waals surface area contributed by atoms with Gasteiger partial charge in [-0.2, -0.15) is 10.2 Å². The molecule has 1 aliphatic heterocycles. The van der Waals surface area contributed by atoms with E-state index in [-0.39, 0.29) is 23.3 Å². The lowest BCUT2D eigenvalue weighted by Crippen LogP contribution is -2.64. The largest absolute Gasteiger partial charge is 0.383 e. The van der Waals surface area contributed by atoms with Crippen molar-refractivity contribution in [3.05, 3.63) is 36.4 Å². The van der Waals surface area contributed by atoms with Crippen molar-refractivity contribution in [2.45, 2.75) is 64.6 Å². The molecule has 5 N–H and O–H groups in total. The van der Waals surface area contributed by atoms with E-state index in [0.29, 0.717) is 37.1 Å². The first-order valence-corrected chi connectivity index (χ1v) is 12.1. The Morgan fingerprint density at radius 3 is 2.63 bits per heavy atom. The van der Waals surface area contributed by atoms with E-state index < -0.39 is 17.0 Å². The van der Waals surface area contributed by atoms with Gasteiger partial charge in [-0.25, -0.2) is 4.52 Å². The number of anilines is 1. The van der Waals surface area contributed by atoms with Crippen molar-refractivity contribution in [3.8, 4) is 11.1 Å². The summed E-state index contributed by atoms with van der Waals surface area (Å²) in [7, 11) is 0. The topological polar surface area (TPSA) is 140 Å². The summed E-state index contributed by atoms with van der Waals surface area (Å²) in [5.74, 6) is -1.07. The molecule has 35 heavy (non-hydrogen) atoms. The summed E-state index contributed by atoms with van der Waals surface area (Å²) in [5, 5.41) is 26.4. The fourth-order valence-corrected chi connectivity index (χ4v) is 5.02. The van der Waals surface area contributed by atoms with Gasteiger partial charge in [-0.05, 0) is 53.1 Å². The molecule has 1 fully saturated rings. The van der Waals surface area contributed by atoms with Crippen molar-refractivity contribution in [3.63, 3.8) is 0 Å². The van der Waals surface area contributed by atoms with Crippen LogP contribution in [-0.4, -0.2) is 60.4 Å². The number of primary amides is 1. The van der Waals surface area contributed by atoms with Gasteiger partial charge in [0.15, 0.2) is 5.78 Å². The van der Waals surface area contributed by atoms with Crippen LogP contribution in [0, 0.1) is 5.92 Å². The third kappa shape index (κ3) is 4.43. The summed E-state index contributed by atoms with van der Waals surface area (Å²) >= 11 is 0. The molecule has 10 heteroatoms. The van der Waals surface area contributed by atoms with Gasteiger partial charge >= 0.3 is 0 Å². The second-order valence-electron chi connectivity index (χ2n) is 10.2. The Kier molecular flexibility index (Phi) is 6.46. The van der Waals surface area contributed by atoms with Crippen LogP contribution in [0.2, 0.25) is 0 Å². The van der Waals surface area contributed by atoms with Crippen LogP contribution in [0.3, 0.4) is 0 Å². The van der Waals surface area contributed by atoms with E-state index in [4.69, 9.17) is 5.73 Å². The van der Waals surface area contributed by atoms with Crippen molar-refractivity contribution in [1.82, 2.24) is 24.7 Å². The average Bonchev–Trinajstić information content (AvgIpc) is 3.45. The standard InChI is InChI=1S/C25H35N7O3/c1-6-18-11-27-8-7-25(18,23(34)24(4,5)35)30-21-19(22(26)33)12-29-32-13-16(9-20(21)32)17-10-28-31(14-17)15(2)3/h9-10,12-15,18,27,30,35H,6-8,11H2,1-5H3,(H2,26,33)/t18-,25-/m1/s1. The van der Waals surface area contributed by atoms with Gasteiger partial charge in [0.05, 0.1) is 29.2 Å². The number of ketones is 1. The van der Waals surface area contributed by atoms with Crippen LogP contribution in [0.25, 0.3) is 16.6 Å². The summed E-state index contributed by atoms with van der Waals surface area (Å²) < 4.78 is 3.54. The molecule has 0 radical (unpaired) electrons. The van der Waals surface area contributed by atoms with Crippen LogP contribution in [0.5, 0.6) is 0 Å². The maximum absolute atomic E-state index is 13.7. The highest BCUT2D eigenvalue weighted by Crippen LogP contribution is 2.38. The molecule has 188 valence electrons. The molecule has 0 bridgehead atoms. The maximum atomic E-state index is 13.7. The van der Waals surface area contributed by atoms with E-state index in [9.17, 15) is 14.7 Å². The summed E-state index contributed by atoms with van der Waals surface area (Å²) in [6.45, 7) is 10.3. The molecule has 0 saturated carbocycles. The monoisotopic (exact) mass is 481 g/mol. The quantitative estimate of drug-likeness (QED) is 0.387. The number of hydrogen-bond acceptors (Lipinski definition) is 7. The van der Waals surface area contributed by atoms with E-state index >= 15 is 0 Å². The average molecular weight is 482 g/mol. The minimum Gasteiger partial charge on any atom is -0.383 e. The fourth-order valence-electron chi connectivity index (χ4n) is 5.02. The van der Waals surface area contributed by atoms with Gasteiger partial charge in [0.2, 0.25) is 0 Å². The third-order valence-electron chi connectivity index (χ3n) is 6.95. The fraction of sp³-hybridized carbons (Fsp3) is 0.520. The van der Waals surface area contributed by atoms with Crippen molar-refractivity contribution < 1.29 is 14.7 Å². The minimum absolute atomic E-state index is 0.108. The van der Waals surface area contributed by atoms with E-state index in [0.717, 1.165) is 11.1 Å². The summed E-state index contributed by atoms with van der Waals surface area (Å²) in [6, 6.07) is 2.13. The highest BCUT2D eigenvalue weighted by molar-refractivity contribution is 6.05. The predicted molar refractivity (Wildman–Crippen MR) is 134 cm³/mol. The second-order valence-corrected chi connectivity index (χ2v) is 10.2.